The Bertz CT molecular complexity index is 1080. The van der Waals surface area contributed by atoms with E-state index >= 15 is 0 Å². The molecule has 4 aromatic rings. The Balaban J connectivity index is 1.25. The quantitative estimate of drug-likeness (QED) is 0.233. The van der Waals surface area contributed by atoms with Crippen LogP contribution in [0.5, 0.6) is 23.0 Å². The molecule has 4 rings (SSSR count). The molecule has 0 N–H and O–H groups in total. The lowest BCUT2D eigenvalue weighted by Crippen LogP contribution is -2.11. The Kier molecular flexibility index (Phi) is 8.02. The van der Waals surface area contributed by atoms with Crippen molar-refractivity contribution >= 4 is 30.9 Å². The number of hydrogen-bond acceptors (Lipinski definition) is 4. The van der Waals surface area contributed by atoms with Gasteiger partial charge in [-0.15, -0.1) is 0 Å². The van der Waals surface area contributed by atoms with Crippen LogP contribution in [-0.4, -0.2) is 7.69 Å². The van der Waals surface area contributed by atoms with Gasteiger partial charge in [0.05, 0.1) is 10.0 Å². The van der Waals surface area contributed by atoms with Gasteiger partial charge in [0.25, 0.3) is 0 Å². The molecule has 7 heteroatoms. The average Bonchev–Trinajstić information content (AvgIpc) is 2.84. The van der Waals surface area contributed by atoms with E-state index in [-0.39, 0.29) is 7.69 Å². The molecule has 0 radical (unpaired) electrons. The highest BCUT2D eigenvalue weighted by atomic mass is 35.5. The maximum Gasteiger partial charge on any atom is 0.576 e. The van der Waals surface area contributed by atoms with Crippen molar-refractivity contribution in [1.29, 1.82) is 0 Å². The van der Waals surface area contributed by atoms with Gasteiger partial charge >= 0.3 is 7.69 Å². The van der Waals surface area contributed by atoms with Crippen molar-refractivity contribution in [2.24, 2.45) is 0 Å². The molecule has 4 aromatic carbocycles. The largest absolute Gasteiger partial charge is 0.576 e. The van der Waals surface area contributed by atoms with E-state index in [1.165, 1.54) is 0 Å². The molecule has 0 atom stereocenters. The van der Waals surface area contributed by atoms with Gasteiger partial charge in [0.2, 0.25) is 0 Å². The van der Waals surface area contributed by atoms with Gasteiger partial charge in [-0.2, -0.15) is 0 Å². The van der Waals surface area contributed by atoms with Crippen molar-refractivity contribution < 1.29 is 18.8 Å². The molecule has 0 saturated carbocycles. The number of halogens is 2. The predicted molar refractivity (Wildman–Crippen MR) is 133 cm³/mol. The average molecular weight is 479 g/mol. The Morgan fingerprint density at radius 3 is 1.36 bits per heavy atom. The van der Waals surface area contributed by atoms with Crippen LogP contribution >= 0.6 is 23.2 Å². The van der Waals surface area contributed by atoms with Gasteiger partial charge in [-0.25, -0.2) is 0 Å². The summed E-state index contributed by atoms with van der Waals surface area (Å²) in [5, 5.41) is 0.929. The predicted octanol–water partition coefficient (Wildman–Crippen LogP) is 6.88. The van der Waals surface area contributed by atoms with Crippen LogP contribution in [0.4, 0.5) is 0 Å². The third-order valence-corrected chi connectivity index (χ3v) is 5.32. The van der Waals surface area contributed by atoms with E-state index in [1.807, 2.05) is 60.7 Å². The first-order chi connectivity index (χ1) is 16.2. The molecule has 0 bridgehead atoms. The molecule has 0 heterocycles. The number of ether oxygens (including phenoxy) is 2. The molecule has 4 nitrogen and oxygen atoms in total. The fraction of sp³-hybridized carbons (Fsp3) is 0.0769. The maximum absolute atomic E-state index is 6.33. The Morgan fingerprint density at radius 1 is 0.545 bits per heavy atom. The molecule has 0 fully saturated rings. The zero-order valence-corrected chi connectivity index (χ0v) is 19.3. The van der Waals surface area contributed by atoms with Crippen LogP contribution in [0.15, 0.2) is 97.1 Å². The second kappa shape index (κ2) is 11.5. The lowest BCUT2D eigenvalue weighted by Gasteiger charge is -2.12. The van der Waals surface area contributed by atoms with Crippen LogP contribution in [-0.2, 0) is 13.2 Å². The lowest BCUT2D eigenvalue weighted by atomic mass is 10.2. The molecule has 0 amide bonds. The van der Waals surface area contributed by atoms with E-state index in [0.29, 0.717) is 46.3 Å². The van der Waals surface area contributed by atoms with Crippen LogP contribution in [0, 0.1) is 0 Å². The van der Waals surface area contributed by atoms with E-state index < -0.39 is 0 Å². The van der Waals surface area contributed by atoms with Gasteiger partial charge in [0.1, 0.15) is 36.2 Å². The molecule has 0 spiro atoms. The van der Waals surface area contributed by atoms with E-state index in [1.54, 1.807) is 36.4 Å². The van der Waals surface area contributed by atoms with Crippen LogP contribution in [0.3, 0.4) is 0 Å². The molecule has 0 aliphatic heterocycles. The van der Waals surface area contributed by atoms with Crippen LogP contribution in [0.1, 0.15) is 11.1 Å². The fourth-order valence-electron chi connectivity index (χ4n) is 3.01. The zero-order chi connectivity index (χ0) is 22.9. The molecule has 0 saturated heterocycles. The maximum atomic E-state index is 6.33. The standard InChI is InChI=1S/C26H21BCl2O4/c28-23-15-21(11-13-25(23)30-17-19-7-3-1-4-8-19)32-27-33-22-12-14-26(24(29)16-22)31-18-20-9-5-2-6-10-20/h1-16,27H,17-18H2. The SMILES string of the molecule is Clc1cc(OBOc2ccc(OCc3ccccc3)c(Cl)c2)ccc1OCc1ccccc1. The highest BCUT2D eigenvalue weighted by molar-refractivity contribution is 6.32. The highest BCUT2D eigenvalue weighted by Gasteiger charge is 2.08. The highest BCUT2D eigenvalue weighted by Crippen LogP contribution is 2.31. The van der Waals surface area contributed by atoms with Crippen molar-refractivity contribution in [2.45, 2.75) is 13.2 Å². The zero-order valence-electron chi connectivity index (χ0n) is 17.7. The third kappa shape index (κ3) is 6.85. The first-order valence-electron chi connectivity index (χ1n) is 10.4. The third-order valence-electron chi connectivity index (χ3n) is 4.73. The summed E-state index contributed by atoms with van der Waals surface area (Å²) in [5.74, 6) is 2.32. The molecule has 0 unspecified atom stereocenters. The minimum atomic E-state index is 0.00109. The molecular formula is C26H21BCl2O4. The first kappa shape index (κ1) is 22.9. The van der Waals surface area contributed by atoms with E-state index in [4.69, 9.17) is 42.0 Å². The number of rotatable bonds is 10. The fourth-order valence-corrected chi connectivity index (χ4v) is 3.46. The summed E-state index contributed by atoms with van der Waals surface area (Å²) in [7, 11) is 0.00109. The van der Waals surface area contributed by atoms with E-state index in [9.17, 15) is 0 Å². The minimum Gasteiger partial charge on any atom is -0.528 e. The van der Waals surface area contributed by atoms with Gasteiger partial charge in [0.15, 0.2) is 0 Å². The smallest absolute Gasteiger partial charge is 0.528 e. The molecule has 166 valence electrons. The lowest BCUT2D eigenvalue weighted by molar-refractivity contribution is 0.306. The van der Waals surface area contributed by atoms with E-state index in [0.717, 1.165) is 11.1 Å². The Labute approximate surface area is 203 Å². The molecule has 0 aromatic heterocycles. The summed E-state index contributed by atoms with van der Waals surface area (Å²) in [6, 6.07) is 30.3. The van der Waals surface area contributed by atoms with Crippen molar-refractivity contribution in [3.05, 3.63) is 118 Å². The molecule has 0 aliphatic carbocycles. The first-order valence-corrected chi connectivity index (χ1v) is 11.1. The van der Waals surface area contributed by atoms with Crippen molar-refractivity contribution in [2.75, 3.05) is 0 Å². The molecular weight excluding hydrogens is 458 g/mol. The minimum absolute atomic E-state index is 0.00109. The number of benzene rings is 4. The Morgan fingerprint density at radius 2 is 0.970 bits per heavy atom. The topological polar surface area (TPSA) is 36.9 Å². The van der Waals surface area contributed by atoms with Gasteiger partial charge in [-0.05, 0) is 35.4 Å². The van der Waals surface area contributed by atoms with Crippen LogP contribution in [0.25, 0.3) is 0 Å². The van der Waals surface area contributed by atoms with Crippen molar-refractivity contribution in [1.82, 2.24) is 0 Å². The second-order valence-electron chi connectivity index (χ2n) is 7.14. The number of hydrogen-bond donors (Lipinski definition) is 0. The van der Waals surface area contributed by atoms with Gasteiger partial charge in [-0.1, -0.05) is 83.9 Å². The van der Waals surface area contributed by atoms with E-state index in [2.05, 4.69) is 0 Å². The van der Waals surface area contributed by atoms with Crippen molar-refractivity contribution in [3.8, 4) is 23.0 Å². The summed E-state index contributed by atoms with van der Waals surface area (Å²) in [6.07, 6.45) is 0. The summed E-state index contributed by atoms with van der Waals surface area (Å²) in [6.45, 7) is 0.880. The summed E-state index contributed by atoms with van der Waals surface area (Å²) in [4.78, 5) is 0. The normalized spacial score (nSPS) is 10.4. The second-order valence-corrected chi connectivity index (χ2v) is 7.95. The Hall–Kier alpha value is -3.28. The summed E-state index contributed by atoms with van der Waals surface area (Å²) in [5.41, 5.74) is 2.13. The summed E-state index contributed by atoms with van der Waals surface area (Å²) < 4.78 is 22.9. The van der Waals surface area contributed by atoms with Crippen LogP contribution < -0.4 is 18.8 Å². The molecule has 33 heavy (non-hydrogen) atoms. The van der Waals surface area contributed by atoms with Gasteiger partial charge in [0, 0.05) is 12.1 Å². The van der Waals surface area contributed by atoms with Gasteiger partial charge in [-0.3, -0.25) is 0 Å². The monoisotopic (exact) mass is 478 g/mol. The molecule has 0 aliphatic rings. The van der Waals surface area contributed by atoms with Gasteiger partial charge < -0.3 is 18.8 Å². The summed E-state index contributed by atoms with van der Waals surface area (Å²) >= 11 is 12.7. The van der Waals surface area contributed by atoms with Crippen LogP contribution in [0.2, 0.25) is 10.0 Å². The van der Waals surface area contributed by atoms with Crippen molar-refractivity contribution in [3.63, 3.8) is 0 Å².